The molecule has 0 unspecified atom stereocenters. The van der Waals surface area contributed by atoms with Crippen molar-refractivity contribution in [1.82, 2.24) is 30.6 Å². The monoisotopic (exact) mass is 469 g/mol. The van der Waals surface area contributed by atoms with Crippen molar-refractivity contribution in [2.24, 2.45) is 5.73 Å². The first kappa shape index (κ1) is 23.0. The quantitative estimate of drug-likeness (QED) is 0.236. The highest BCUT2D eigenvalue weighted by molar-refractivity contribution is 5.97. The Morgan fingerprint density at radius 2 is 1.71 bits per heavy atom. The lowest BCUT2D eigenvalue weighted by atomic mass is 10.0. The normalized spacial score (nSPS) is 15.5. The summed E-state index contributed by atoms with van der Waals surface area (Å²) in [6, 6.07) is 16.8. The second-order valence-electron chi connectivity index (χ2n) is 8.93. The fourth-order valence-corrected chi connectivity index (χ4v) is 4.52. The molecule has 3 heterocycles. The minimum atomic E-state index is -0.514. The molecular weight excluding hydrogens is 438 g/mol. The van der Waals surface area contributed by atoms with Crippen LogP contribution in [0.15, 0.2) is 54.7 Å². The van der Waals surface area contributed by atoms with Gasteiger partial charge in [0.2, 0.25) is 0 Å². The van der Waals surface area contributed by atoms with E-state index in [1.165, 1.54) is 6.42 Å². The molecule has 1 amide bonds. The SMILES string of the molecule is CCCNCc1nc(-c2ccc(-c3ccc(-c4cnc([C@@H]5CCCN5)[nH]4)cc3)cc2)c(C(N)=O)[nH]1. The molecule has 8 nitrogen and oxygen atoms in total. The van der Waals surface area contributed by atoms with Crippen molar-refractivity contribution in [1.29, 1.82) is 0 Å². The number of imidazole rings is 2. The van der Waals surface area contributed by atoms with Crippen LogP contribution < -0.4 is 16.4 Å². The summed E-state index contributed by atoms with van der Waals surface area (Å²) >= 11 is 0. The number of hydrogen-bond donors (Lipinski definition) is 5. The molecule has 1 atom stereocenters. The van der Waals surface area contributed by atoms with Crippen molar-refractivity contribution >= 4 is 5.91 Å². The van der Waals surface area contributed by atoms with E-state index in [0.717, 1.165) is 59.7 Å². The average molecular weight is 470 g/mol. The molecular formula is C27H31N7O. The number of nitrogens with zero attached hydrogens (tertiary/aromatic N) is 2. The summed E-state index contributed by atoms with van der Waals surface area (Å²) in [5.74, 6) is 1.20. The van der Waals surface area contributed by atoms with Gasteiger partial charge in [0.25, 0.3) is 5.91 Å². The Balaban J connectivity index is 1.32. The van der Waals surface area contributed by atoms with Gasteiger partial charge in [-0.25, -0.2) is 9.97 Å². The van der Waals surface area contributed by atoms with E-state index in [2.05, 4.69) is 61.8 Å². The van der Waals surface area contributed by atoms with E-state index in [1.54, 1.807) is 0 Å². The average Bonchev–Trinajstić information content (AvgIpc) is 3.65. The Hall–Kier alpha value is -3.75. The molecule has 180 valence electrons. The Labute approximate surface area is 204 Å². The molecule has 0 spiro atoms. The second-order valence-corrected chi connectivity index (χ2v) is 8.93. The molecule has 0 saturated carbocycles. The first-order valence-corrected chi connectivity index (χ1v) is 12.2. The Kier molecular flexibility index (Phi) is 6.74. The molecule has 0 radical (unpaired) electrons. The smallest absolute Gasteiger partial charge is 0.267 e. The maximum absolute atomic E-state index is 12.0. The van der Waals surface area contributed by atoms with Gasteiger partial charge in [-0.2, -0.15) is 0 Å². The van der Waals surface area contributed by atoms with Crippen LogP contribution >= 0.6 is 0 Å². The lowest BCUT2D eigenvalue weighted by molar-refractivity contribution is 0.0996. The predicted molar refractivity (Wildman–Crippen MR) is 138 cm³/mol. The zero-order valence-electron chi connectivity index (χ0n) is 19.9. The molecule has 4 aromatic rings. The van der Waals surface area contributed by atoms with Crippen molar-refractivity contribution in [2.45, 2.75) is 38.8 Å². The highest BCUT2D eigenvalue weighted by Gasteiger charge is 2.19. The van der Waals surface area contributed by atoms with E-state index >= 15 is 0 Å². The van der Waals surface area contributed by atoms with Crippen LogP contribution in [0.1, 0.15) is 54.4 Å². The van der Waals surface area contributed by atoms with E-state index in [1.807, 2.05) is 30.5 Å². The summed E-state index contributed by atoms with van der Waals surface area (Å²) in [6.07, 6.45) is 5.25. The van der Waals surface area contributed by atoms with Gasteiger partial charge < -0.3 is 26.3 Å². The number of aromatic amines is 2. The van der Waals surface area contributed by atoms with Gasteiger partial charge in [0.05, 0.1) is 24.5 Å². The van der Waals surface area contributed by atoms with Crippen molar-refractivity contribution in [3.05, 3.63) is 72.1 Å². The van der Waals surface area contributed by atoms with Crippen LogP contribution in [0, 0.1) is 0 Å². The van der Waals surface area contributed by atoms with E-state index in [4.69, 9.17) is 5.73 Å². The van der Waals surface area contributed by atoms with Gasteiger partial charge >= 0.3 is 0 Å². The minimum absolute atomic E-state index is 0.329. The molecule has 8 heteroatoms. The van der Waals surface area contributed by atoms with Gasteiger partial charge in [0, 0.05) is 5.56 Å². The Morgan fingerprint density at radius 1 is 1.03 bits per heavy atom. The number of rotatable bonds is 9. The highest BCUT2D eigenvalue weighted by Crippen LogP contribution is 2.29. The summed E-state index contributed by atoms with van der Waals surface area (Å²) in [5.41, 5.74) is 11.7. The topological polar surface area (TPSA) is 125 Å². The van der Waals surface area contributed by atoms with Crippen LogP contribution in [0.25, 0.3) is 33.6 Å². The van der Waals surface area contributed by atoms with Gasteiger partial charge in [0.15, 0.2) is 0 Å². The third-order valence-corrected chi connectivity index (χ3v) is 6.39. The summed E-state index contributed by atoms with van der Waals surface area (Å²) in [7, 11) is 0. The maximum atomic E-state index is 12.0. The zero-order valence-corrected chi connectivity index (χ0v) is 19.9. The number of nitrogens with one attached hydrogen (secondary N) is 4. The Morgan fingerprint density at radius 3 is 2.34 bits per heavy atom. The predicted octanol–water partition coefficient (Wildman–Crippen LogP) is 4.16. The molecule has 0 bridgehead atoms. The highest BCUT2D eigenvalue weighted by atomic mass is 16.1. The van der Waals surface area contributed by atoms with Crippen LogP contribution in [0.5, 0.6) is 0 Å². The van der Waals surface area contributed by atoms with Gasteiger partial charge in [-0.1, -0.05) is 55.5 Å². The third-order valence-electron chi connectivity index (χ3n) is 6.39. The molecule has 1 aliphatic heterocycles. The van der Waals surface area contributed by atoms with Crippen molar-refractivity contribution in [3.63, 3.8) is 0 Å². The number of hydrogen-bond acceptors (Lipinski definition) is 5. The number of nitrogens with two attached hydrogens (primary N) is 1. The van der Waals surface area contributed by atoms with E-state index in [9.17, 15) is 4.79 Å². The summed E-state index contributed by atoms with van der Waals surface area (Å²) < 4.78 is 0. The van der Waals surface area contributed by atoms with Crippen molar-refractivity contribution in [3.8, 4) is 33.6 Å². The van der Waals surface area contributed by atoms with E-state index in [0.29, 0.717) is 29.8 Å². The van der Waals surface area contributed by atoms with Crippen LogP contribution in [0.3, 0.4) is 0 Å². The molecule has 35 heavy (non-hydrogen) atoms. The number of H-pyrrole nitrogens is 2. The van der Waals surface area contributed by atoms with E-state index in [-0.39, 0.29) is 0 Å². The van der Waals surface area contributed by atoms with E-state index < -0.39 is 5.91 Å². The summed E-state index contributed by atoms with van der Waals surface area (Å²) in [4.78, 5) is 27.7. The molecule has 2 aromatic heterocycles. The largest absolute Gasteiger partial charge is 0.364 e. The van der Waals surface area contributed by atoms with Crippen LogP contribution in [0.2, 0.25) is 0 Å². The van der Waals surface area contributed by atoms with Gasteiger partial charge in [-0.05, 0) is 49.0 Å². The van der Waals surface area contributed by atoms with Crippen molar-refractivity contribution < 1.29 is 4.79 Å². The molecule has 1 fully saturated rings. The fraction of sp³-hybridized carbons (Fsp3) is 0.296. The molecule has 0 aliphatic carbocycles. The number of benzene rings is 2. The number of primary amides is 1. The molecule has 2 aromatic carbocycles. The number of aromatic nitrogens is 4. The fourth-order valence-electron chi connectivity index (χ4n) is 4.52. The standard InChI is InChI=1S/C27H31N7O/c1-2-13-29-16-23-33-24(25(34-23)26(28)35)20-11-7-18(8-12-20)17-5-9-19(10-6-17)22-15-31-27(32-22)21-4-3-14-30-21/h5-12,15,21,29-30H,2-4,13-14,16H2,1H3,(H2,28,35)(H,31,32)(H,33,34)/t21-/m0/s1. The molecule has 1 saturated heterocycles. The Bertz CT molecular complexity index is 1280. The van der Waals surface area contributed by atoms with Gasteiger partial charge in [0.1, 0.15) is 23.0 Å². The van der Waals surface area contributed by atoms with Crippen LogP contribution in [0.4, 0.5) is 0 Å². The number of carbonyl (C=O) groups excluding carboxylic acids is 1. The lowest BCUT2D eigenvalue weighted by Gasteiger charge is -2.07. The molecule has 1 aliphatic rings. The third kappa shape index (κ3) is 5.03. The summed E-state index contributed by atoms with van der Waals surface area (Å²) in [5, 5.41) is 6.77. The first-order valence-electron chi connectivity index (χ1n) is 12.2. The minimum Gasteiger partial charge on any atom is -0.364 e. The summed E-state index contributed by atoms with van der Waals surface area (Å²) in [6.45, 7) is 4.60. The first-order chi connectivity index (χ1) is 17.1. The van der Waals surface area contributed by atoms with Crippen LogP contribution in [-0.2, 0) is 6.54 Å². The number of carbonyl (C=O) groups is 1. The maximum Gasteiger partial charge on any atom is 0.267 e. The van der Waals surface area contributed by atoms with Crippen LogP contribution in [-0.4, -0.2) is 38.9 Å². The lowest BCUT2D eigenvalue weighted by Crippen LogP contribution is -2.15. The molecule has 6 N–H and O–H groups in total. The molecule has 5 rings (SSSR count). The number of amides is 1. The van der Waals surface area contributed by atoms with Gasteiger partial charge in [-0.15, -0.1) is 0 Å². The van der Waals surface area contributed by atoms with Crippen molar-refractivity contribution in [2.75, 3.05) is 13.1 Å². The van der Waals surface area contributed by atoms with Gasteiger partial charge in [-0.3, -0.25) is 4.79 Å². The second kappa shape index (κ2) is 10.2. The zero-order chi connectivity index (χ0) is 24.2.